The third-order valence-electron chi connectivity index (χ3n) is 3.43. The maximum absolute atomic E-state index is 12.2. The molecule has 0 atom stereocenters. The maximum Gasteiger partial charge on any atom is 0.168 e. The molecule has 0 amide bonds. The average Bonchev–Trinajstić information content (AvgIpc) is 2.56. The number of fused-ring (bicyclic) bond motifs is 1. The van der Waals surface area contributed by atoms with E-state index in [4.69, 9.17) is 0 Å². The fourth-order valence-corrected chi connectivity index (χ4v) is 2.38. The molecule has 0 bridgehead atoms. The van der Waals surface area contributed by atoms with Crippen molar-refractivity contribution in [1.82, 2.24) is 4.98 Å². The van der Waals surface area contributed by atoms with Crippen LogP contribution in [0.15, 0.2) is 71.9 Å². The number of nitrogens with zero attached hydrogens (tertiary/aromatic N) is 2. The summed E-state index contributed by atoms with van der Waals surface area (Å²) in [6.07, 6.45) is 2.07. The maximum atomic E-state index is 12.2. The van der Waals surface area contributed by atoms with Crippen molar-refractivity contribution in [2.45, 2.75) is 13.3 Å². The minimum absolute atomic E-state index is 0.0787. The van der Waals surface area contributed by atoms with Gasteiger partial charge in [-0.2, -0.15) is 0 Å². The number of rotatable bonds is 4. The summed E-state index contributed by atoms with van der Waals surface area (Å²) in [5.41, 5.74) is 3.16. The zero-order valence-electron chi connectivity index (χ0n) is 12.4. The van der Waals surface area contributed by atoms with Gasteiger partial charge in [0.05, 0.1) is 11.2 Å². The second-order valence-corrected chi connectivity index (χ2v) is 5.17. The van der Waals surface area contributed by atoms with E-state index < -0.39 is 0 Å². The highest BCUT2D eigenvalue weighted by Gasteiger charge is 2.07. The van der Waals surface area contributed by atoms with Crippen LogP contribution in [0.4, 0.5) is 5.69 Å². The first-order valence-electron chi connectivity index (χ1n) is 7.20. The van der Waals surface area contributed by atoms with Gasteiger partial charge in [-0.3, -0.25) is 14.8 Å². The monoisotopic (exact) mass is 288 g/mol. The summed E-state index contributed by atoms with van der Waals surface area (Å²) < 4.78 is 0. The minimum Gasteiger partial charge on any atom is -0.294 e. The van der Waals surface area contributed by atoms with Crippen LogP contribution in [0, 0.1) is 0 Å². The highest BCUT2D eigenvalue weighted by molar-refractivity contribution is 6.10. The minimum atomic E-state index is 0.0787. The first kappa shape index (κ1) is 14.1. The summed E-state index contributed by atoms with van der Waals surface area (Å²) in [6, 6.07) is 19.1. The fourth-order valence-electron chi connectivity index (χ4n) is 2.38. The highest BCUT2D eigenvalue weighted by atomic mass is 16.1. The largest absolute Gasteiger partial charge is 0.294 e. The van der Waals surface area contributed by atoms with Gasteiger partial charge in [-0.1, -0.05) is 48.5 Å². The Balaban J connectivity index is 1.86. The van der Waals surface area contributed by atoms with Crippen LogP contribution in [0.1, 0.15) is 23.7 Å². The summed E-state index contributed by atoms with van der Waals surface area (Å²) in [5, 5.41) is 1.05. The number of hydrogen-bond donors (Lipinski definition) is 0. The molecule has 0 N–H and O–H groups in total. The van der Waals surface area contributed by atoms with Crippen LogP contribution >= 0.6 is 0 Å². The van der Waals surface area contributed by atoms with Crippen molar-refractivity contribution in [3.63, 3.8) is 0 Å². The van der Waals surface area contributed by atoms with E-state index in [0.717, 1.165) is 22.3 Å². The van der Waals surface area contributed by atoms with E-state index >= 15 is 0 Å². The molecule has 0 radical (unpaired) electrons. The molecule has 0 aliphatic heterocycles. The number of carbonyl (C=O) groups excluding carboxylic acids is 1. The third-order valence-corrected chi connectivity index (χ3v) is 3.43. The van der Waals surface area contributed by atoms with Crippen molar-refractivity contribution in [2.75, 3.05) is 0 Å². The Labute approximate surface area is 129 Å². The number of hydrogen-bond acceptors (Lipinski definition) is 3. The van der Waals surface area contributed by atoms with E-state index in [9.17, 15) is 4.79 Å². The van der Waals surface area contributed by atoms with E-state index in [1.165, 1.54) is 0 Å². The van der Waals surface area contributed by atoms with E-state index in [0.29, 0.717) is 12.0 Å². The van der Waals surface area contributed by atoms with Gasteiger partial charge in [-0.25, -0.2) is 0 Å². The van der Waals surface area contributed by atoms with Gasteiger partial charge in [0.15, 0.2) is 5.78 Å². The van der Waals surface area contributed by atoms with Crippen molar-refractivity contribution in [3.05, 3.63) is 72.4 Å². The molecule has 2 aromatic carbocycles. The van der Waals surface area contributed by atoms with Crippen LogP contribution < -0.4 is 0 Å². The summed E-state index contributed by atoms with van der Waals surface area (Å²) in [5.74, 6) is 0.0787. The lowest BCUT2D eigenvalue weighted by atomic mass is 10.1. The van der Waals surface area contributed by atoms with E-state index in [2.05, 4.69) is 9.98 Å². The molecule has 3 nitrogen and oxygen atoms in total. The first-order chi connectivity index (χ1) is 10.7. The smallest absolute Gasteiger partial charge is 0.168 e. The zero-order valence-corrected chi connectivity index (χ0v) is 12.4. The fraction of sp³-hybridized carbons (Fsp3) is 0.105. The normalized spacial score (nSPS) is 11.6. The van der Waals surface area contributed by atoms with Crippen LogP contribution in [0.25, 0.3) is 10.9 Å². The Morgan fingerprint density at radius 2 is 1.77 bits per heavy atom. The molecule has 3 heteroatoms. The number of benzene rings is 2. The number of Topliss-reactive ketones (excluding diaryl/α,β-unsaturated/α-hetero) is 1. The second-order valence-electron chi connectivity index (χ2n) is 5.17. The molecule has 1 aromatic heterocycles. The van der Waals surface area contributed by atoms with E-state index in [1.54, 1.807) is 6.20 Å². The van der Waals surface area contributed by atoms with Crippen LogP contribution in [-0.4, -0.2) is 16.5 Å². The second kappa shape index (κ2) is 6.31. The summed E-state index contributed by atoms with van der Waals surface area (Å²) in [7, 11) is 0. The lowest BCUT2D eigenvalue weighted by molar-refractivity contribution is 0.100. The Bertz CT molecular complexity index is 833. The molecule has 0 saturated carbocycles. The van der Waals surface area contributed by atoms with Crippen molar-refractivity contribution in [3.8, 4) is 0 Å². The molecule has 0 aliphatic rings. The molecule has 1 heterocycles. The van der Waals surface area contributed by atoms with Gasteiger partial charge < -0.3 is 0 Å². The van der Waals surface area contributed by atoms with Crippen LogP contribution in [0.3, 0.4) is 0 Å². The van der Waals surface area contributed by atoms with Crippen molar-refractivity contribution >= 4 is 28.1 Å². The summed E-state index contributed by atoms with van der Waals surface area (Å²) in [4.78, 5) is 21.2. The van der Waals surface area contributed by atoms with E-state index in [-0.39, 0.29) is 5.78 Å². The predicted octanol–water partition coefficient (Wildman–Crippen LogP) is 4.60. The number of aliphatic imine (C=N–C) groups is 1. The summed E-state index contributed by atoms with van der Waals surface area (Å²) >= 11 is 0. The Hall–Kier alpha value is -2.81. The van der Waals surface area contributed by atoms with Crippen molar-refractivity contribution in [1.29, 1.82) is 0 Å². The Kier molecular flexibility index (Phi) is 4.05. The molecule has 0 spiro atoms. The van der Waals surface area contributed by atoms with Gasteiger partial charge >= 0.3 is 0 Å². The number of pyridine rings is 1. The molecule has 22 heavy (non-hydrogen) atoms. The number of para-hydroxylation sites is 1. The number of carbonyl (C=O) groups is 1. The number of ketones is 1. The van der Waals surface area contributed by atoms with Crippen molar-refractivity contribution < 1.29 is 4.79 Å². The van der Waals surface area contributed by atoms with Crippen LogP contribution in [-0.2, 0) is 0 Å². The standard InChI is InChI=1S/C19H16N2O/c1-14(13-18(22)15-7-3-2-4-8-15)21-17-11-5-9-16-10-6-12-20-19(16)17/h2-12H,13H2,1H3. The lowest BCUT2D eigenvalue weighted by Gasteiger charge is -2.04. The average molecular weight is 288 g/mol. The molecular formula is C19H16N2O. The molecule has 3 rings (SSSR count). The molecule has 0 fully saturated rings. The predicted molar refractivity (Wildman–Crippen MR) is 89.9 cm³/mol. The molecule has 0 saturated heterocycles. The Morgan fingerprint density at radius 3 is 2.59 bits per heavy atom. The van der Waals surface area contributed by atoms with Gasteiger partial charge in [0, 0.05) is 29.3 Å². The molecule has 0 unspecified atom stereocenters. The Morgan fingerprint density at radius 1 is 1.00 bits per heavy atom. The quantitative estimate of drug-likeness (QED) is 0.520. The molecule has 3 aromatic rings. The van der Waals surface area contributed by atoms with Gasteiger partial charge in [0.2, 0.25) is 0 Å². The van der Waals surface area contributed by atoms with Gasteiger partial charge in [-0.05, 0) is 19.1 Å². The third kappa shape index (κ3) is 3.09. The van der Waals surface area contributed by atoms with Crippen LogP contribution in [0.5, 0.6) is 0 Å². The molecule has 0 aliphatic carbocycles. The van der Waals surface area contributed by atoms with E-state index in [1.807, 2.05) is 67.6 Å². The van der Waals surface area contributed by atoms with Crippen molar-refractivity contribution in [2.24, 2.45) is 4.99 Å². The van der Waals surface area contributed by atoms with Gasteiger partial charge in [-0.15, -0.1) is 0 Å². The topological polar surface area (TPSA) is 42.3 Å². The van der Waals surface area contributed by atoms with Gasteiger partial charge in [0.1, 0.15) is 0 Å². The molecular weight excluding hydrogens is 272 g/mol. The SMILES string of the molecule is CC(CC(=O)c1ccccc1)=Nc1cccc2cccnc12. The van der Waals surface area contributed by atoms with Gasteiger partial charge in [0.25, 0.3) is 0 Å². The lowest BCUT2D eigenvalue weighted by Crippen LogP contribution is -2.04. The summed E-state index contributed by atoms with van der Waals surface area (Å²) in [6.45, 7) is 1.88. The zero-order chi connectivity index (χ0) is 15.4. The number of aromatic nitrogens is 1. The first-order valence-corrected chi connectivity index (χ1v) is 7.20. The molecule has 108 valence electrons. The highest BCUT2D eigenvalue weighted by Crippen LogP contribution is 2.24. The van der Waals surface area contributed by atoms with Crippen LogP contribution in [0.2, 0.25) is 0 Å².